The number of likely N-dealkylation sites (tertiary alicyclic amines) is 2. The fourth-order valence-corrected chi connectivity index (χ4v) is 4.39. The highest BCUT2D eigenvalue weighted by Crippen LogP contribution is 2.32. The van der Waals surface area contributed by atoms with Gasteiger partial charge in [-0.05, 0) is 61.2 Å². The van der Waals surface area contributed by atoms with E-state index in [1.807, 2.05) is 17.0 Å². The molecule has 2 aliphatic heterocycles. The van der Waals surface area contributed by atoms with Crippen LogP contribution < -0.4 is 0 Å². The number of hydrogen-bond donors (Lipinski definition) is 0. The zero-order chi connectivity index (χ0) is 18.1. The Morgan fingerprint density at radius 1 is 1.15 bits per heavy atom. The van der Waals surface area contributed by atoms with Gasteiger partial charge in [-0.3, -0.25) is 9.69 Å². The number of piperidine rings is 1. The Balaban J connectivity index is 1.47. The second-order valence-electron chi connectivity index (χ2n) is 7.29. The van der Waals surface area contributed by atoms with Crippen molar-refractivity contribution in [2.75, 3.05) is 19.6 Å². The van der Waals surface area contributed by atoms with E-state index in [2.05, 4.69) is 17.0 Å². The number of rotatable bonds is 3. The largest absolute Gasteiger partial charge is 0.337 e. The van der Waals surface area contributed by atoms with Gasteiger partial charge in [-0.15, -0.1) is 0 Å². The third-order valence-corrected chi connectivity index (χ3v) is 5.81. The Labute approximate surface area is 158 Å². The highest BCUT2D eigenvalue weighted by Gasteiger charge is 2.40. The molecule has 2 heterocycles. The van der Waals surface area contributed by atoms with E-state index in [1.54, 1.807) is 12.1 Å². The molecule has 2 aromatic carbocycles. The zero-order valence-electron chi connectivity index (χ0n) is 14.6. The SMILES string of the molecule is O=C(c1cccc(F)c1)N1C[C@H]2CCCN(Cc3ccc(Cl)cc3)[C@H]2C1. The normalized spacial score (nSPS) is 23.1. The molecule has 4 rings (SSSR count). The van der Waals surface area contributed by atoms with E-state index in [1.165, 1.54) is 17.7 Å². The molecule has 2 aromatic rings. The fraction of sp³-hybridized carbons (Fsp3) is 0.381. The number of nitrogens with zero attached hydrogens (tertiary/aromatic N) is 2. The molecule has 0 unspecified atom stereocenters. The van der Waals surface area contributed by atoms with Crippen LogP contribution in [0.25, 0.3) is 0 Å². The molecule has 26 heavy (non-hydrogen) atoms. The van der Waals surface area contributed by atoms with Gasteiger partial charge in [0, 0.05) is 36.3 Å². The first-order valence-electron chi connectivity index (χ1n) is 9.13. The second-order valence-corrected chi connectivity index (χ2v) is 7.72. The molecule has 136 valence electrons. The molecule has 2 aliphatic rings. The van der Waals surface area contributed by atoms with E-state index in [0.29, 0.717) is 24.1 Å². The van der Waals surface area contributed by atoms with Crippen LogP contribution >= 0.6 is 11.6 Å². The molecule has 5 heteroatoms. The van der Waals surface area contributed by atoms with Crippen molar-refractivity contribution in [2.24, 2.45) is 5.92 Å². The van der Waals surface area contributed by atoms with Crippen molar-refractivity contribution < 1.29 is 9.18 Å². The summed E-state index contributed by atoms with van der Waals surface area (Å²) in [5.41, 5.74) is 1.68. The number of carbonyl (C=O) groups is 1. The minimum atomic E-state index is -0.364. The first kappa shape index (κ1) is 17.5. The van der Waals surface area contributed by atoms with Crippen LogP contribution in [0.4, 0.5) is 4.39 Å². The first-order valence-corrected chi connectivity index (χ1v) is 9.51. The summed E-state index contributed by atoms with van der Waals surface area (Å²) in [6.07, 6.45) is 2.30. The van der Waals surface area contributed by atoms with Gasteiger partial charge in [0.2, 0.25) is 0 Å². The first-order chi connectivity index (χ1) is 12.6. The van der Waals surface area contributed by atoms with Crippen LogP contribution in [-0.2, 0) is 6.54 Å². The lowest BCUT2D eigenvalue weighted by atomic mass is 9.91. The van der Waals surface area contributed by atoms with Crippen molar-refractivity contribution in [3.8, 4) is 0 Å². The lowest BCUT2D eigenvalue weighted by molar-refractivity contribution is 0.0774. The summed E-state index contributed by atoms with van der Waals surface area (Å²) in [5.74, 6) is 0.0655. The quantitative estimate of drug-likeness (QED) is 0.805. The van der Waals surface area contributed by atoms with E-state index < -0.39 is 0 Å². The van der Waals surface area contributed by atoms with Crippen molar-refractivity contribution in [1.29, 1.82) is 0 Å². The summed E-state index contributed by atoms with van der Waals surface area (Å²) in [6.45, 7) is 3.40. The zero-order valence-corrected chi connectivity index (χ0v) is 15.3. The summed E-state index contributed by atoms with van der Waals surface area (Å²) in [6, 6.07) is 14.3. The molecule has 0 bridgehead atoms. The number of benzene rings is 2. The van der Waals surface area contributed by atoms with Crippen LogP contribution in [0, 0.1) is 11.7 Å². The van der Waals surface area contributed by atoms with Crippen molar-refractivity contribution in [2.45, 2.75) is 25.4 Å². The van der Waals surface area contributed by atoms with E-state index in [9.17, 15) is 9.18 Å². The molecule has 2 atom stereocenters. The minimum Gasteiger partial charge on any atom is -0.337 e. The maximum Gasteiger partial charge on any atom is 0.254 e. The third kappa shape index (κ3) is 3.62. The predicted molar refractivity (Wildman–Crippen MR) is 101 cm³/mol. The standard InChI is InChI=1S/C21H22ClFN2O/c22-18-8-6-15(7-9-18)12-24-10-2-4-17-13-25(14-20(17)24)21(26)16-3-1-5-19(23)11-16/h1,3,5-9,11,17,20H,2,4,10,12-14H2/t17-,20+/m1/s1. The van der Waals surface area contributed by atoms with Crippen molar-refractivity contribution in [3.05, 3.63) is 70.5 Å². The highest BCUT2D eigenvalue weighted by molar-refractivity contribution is 6.30. The Morgan fingerprint density at radius 3 is 2.73 bits per heavy atom. The average Bonchev–Trinajstić information content (AvgIpc) is 3.08. The number of amides is 1. The number of carbonyl (C=O) groups excluding carboxylic acids is 1. The highest BCUT2D eigenvalue weighted by atomic mass is 35.5. The van der Waals surface area contributed by atoms with Crippen LogP contribution in [-0.4, -0.2) is 41.4 Å². The van der Waals surface area contributed by atoms with Gasteiger partial charge < -0.3 is 4.90 Å². The van der Waals surface area contributed by atoms with Gasteiger partial charge in [0.15, 0.2) is 0 Å². The summed E-state index contributed by atoms with van der Waals surface area (Å²) < 4.78 is 13.5. The van der Waals surface area contributed by atoms with Crippen LogP contribution in [0.2, 0.25) is 5.02 Å². The van der Waals surface area contributed by atoms with Crippen molar-refractivity contribution in [1.82, 2.24) is 9.80 Å². The molecule has 3 nitrogen and oxygen atoms in total. The van der Waals surface area contributed by atoms with Crippen LogP contribution in [0.5, 0.6) is 0 Å². The summed E-state index contributed by atoms with van der Waals surface area (Å²) in [7, 11) is 0. The Kier molecular flexibility index (Phi) is 4.96. The van der Waals surface area contributed by atoms with Gasteiger partial charge in [-0.2, -0.15) is 0 Å². The molecule has 0 radical (unpaired) electrons. The van der Waals surface area contributed by atoms with Crippen molar-refractivity contribution >= 4 is 17.5 Å². The molecule has 0 aliphatic carbocycles. The molecule has 0 spiro atoms. The van der Waals surface area contributed by atoms with Gasteiger partial charge in [0.25, 0.3) is 5.91 Å². The fourth-order valence-electron chi connectivity index (χ4n) is 4.26. The molecule has 1 amide bonds. The lowest BCUT2D eigenvalue weighted by Crippen LogP contribution is -2.44. The smallest absolute Gasteiger partial charge is 0.254 e. The topological polar surface area (TPSA) is 23.6 Å². The maximum atomic E-state index is 13.5. The average molecular weight is 373 g/mol. The van der Waals surface area contributed by atoms with E-state index in [-0.39, 0.29) is 11.7 Å². The minimum absolute atomic E-state index is 0.0645. The van der Waals surface area contributed by atoms with Crippen LogP contribution in [0.15, 0.2) is 48.5 Å². The molecular formula is C21H22ClFN2O. The molecule has 0 N–H and O–H groups in total. The second kappa shape index (κ2) is 7.37. The number of halogens is 2. The van der Waals surface area contributed by atoms with E-state index in [0.717, 1.165) is 37.5 Å². The number of fused-ring (bicyclic) bond motifs is 1. The van der Waals surface area contributed by atoms with Gasteiger partial charge >= 0.3 is 0 Å². The summed E-state index contributed by atoms with van der Waals surface area (Å²) >= 11 is 5.98. The summed E-state index contributed by atoms with van der Waals surface area (Å²) in [5, 5.41) is 0.748. The Morgan fingerprint density at radius 2 is 1.96 bits per heavy atom. The third-order valence-electron chi connectivity index (χ3n) is 5.55. The Hall–Kier alpha value is -1.91. The summed E-state index contributed by atoms with van der Waals surface area (Å²) in [4.78, 5) is 17.1. The van der Waals surface area contributed by atoms with Crippen molar-refractivity contribution in [3.63, 3.8) is 0 Å². The van der Waals surface area contributed by atoms with Crippen LogP contribution in [0.3, 0.4) is 0 Å². The van der Waals surface area contributed by atoms with E-state index in [4.69, 9.17) is 11.6 Å². The maximum absolute atomic E-state index is 13.5. The predicted octanol–water partition coefficient (Wildman–Crippen LogP) is 4.22. The van der Waals surface area contributed by atoms with Gasteiger partial charge in [0.1, 0.15) is 5.82 Å². The molecule has 0 saturated carbocycles. The Bertz CT molecular complexity index is 795. The van der Waals surface area contributed by atoms with Crippen LogP contribution in [0.1, 0.15) is 28.8 Å². The molecule has 2 saturated heterocycles. The molecule has 2 fully saturated rings. The lowest BCUT2D eigenvalue weighted by Gasteiger charge is -2.36. The van der Waals surface area contributed by atoms with Gasteiger partial charge in [0.05, 0.1) is 0 Å². The monoisotopic (exact) mass is 372 g/mol. The molecule has 0 aromatic heterocycles. The number of hydrogen-bond acceptors (Lipinski definition) is 2. The molecular weight excluding hydrogens is 351 g/mol. The van der Waals surface area contributed by atoms with E-state index >= 15 is 0 Å². The van der Waals surface area contributed by atoms with Gasteiger partial charge in [-0.25, -0.2) is 4.39 Å². The van der Waals surface area contributed by atoms with Gasteiger partial charge in [-0.1, -0.05) is 29.8 Å².